The van der Waals surface area contributed by atoms with Crippen LogP contribution in [-0.4, -0.2) is 34.0 Å². The van der Waals surface area contributed by atoms with Crippen LogP contribution in [0.25, 0.3) is 0 Å². The number of thiophene rings is 1. The van der Waals surface area contributed by atoms with E-state index in [9.17, 15) is 4.79 Å². The van der Waals surface area contributed by atoms with Crippen molar-refractivity contribution in [3.05, 3.63) is 40.1 Å². The van der Waals surface area contributed by atoms with Gasteiger partial charge in [0.15, 0.2) is 0 Å². The molecule has 0 fully saturated rings. The molecule has 0 radical (unpaired) electrons. The average molecular weight is 300 g/mol. The number of aromatic nitrogens is 2. The second kappa shape index (κ2) is 5.70. The Labute approximate surface area is 127 Å². The van der Waals surface area contributed by atoms with Crippen LogP contribution in [0.4, 0.5) is 0 Å². The van der Waals surface area contributed by atoms with E-state index >= 15 is 0 Å². The highest BCUT2D eigenvalue weighted by Crippen LogP contribution is 2.22. The van der Waals surface area contributed by atoms with Crippen LogP contribution in [-0.2, 0) is 13.0 Å². The minimum Gasteiger partial charge on any atom is -0.341 e. The summed E-state index contributed by atoms with van der Waals surface area (Å²) in [5, 5.41) is 10.8. The van der Waals surface area contributed by atoms with E-state index in [4.69, 9.17) is 5.26 Å². The van der Waals surface area contributed by atoms with Gasteiger partial charge >= 0.3 is 0 Å². The first-order valence-electron chi connectivity index (χ1n) is 6.92. The Kier molecular flexibility index (Phi) is 3.76. The molecule has 21 heavy (non-hydrogen) atoms. The van der Waals surface area contributed by atoms with Crippen molar-refractivity contribution < 1.29 is 4.79 Å². The second-order valence-corrected chi connectivity index (χ2v) is 6.27. The molecule has 2 aromatic rings. The van der Waals surface area contributed by atoms with Gasteiger partial charge in [0.05, 0.1) is 5.56 Å². The number of amides is 1. The average Bonchev–Trinajstić information content (AvgIpc) is 3.14. The van der Waals surface area contributed by atoms with Gasteiger partial charge in [0.1, 0.15) is 16.8 Å². The van der Waals surface area contributed by atoms with Crippen LogP contribution < -0.4 is 0 Å². The highest BCUT2D eigenvalue weighted by molar-refractivity contribution is 7.12. The molecule has 3 heterocycles. The van der Waals surface area contributed by atoms with E-state index in [1.54, 1.807) is 16.3 Å². The Balaban J connectivity index is 1.66. The van der Waals surface area contributed by atoms with E-state index < -0.39 is 0 Å². The van der Waals surface area contributed by atoms with Crippen molar-refractivity contribution in [2.75, 3.05) is 13.6 Å². The first-order chi connectivity index (χ1) is 10.2. The maximum atomic E-state index is 12.4. The van der Waals surface area contributed by atoms with Gasteiger partial charge in [0.2, 0.25) is 0 Å². The van der Waals surface area contributed by atoms with Gasteiger partial charge in [-0.1, -0.05) is 0 Å². The van der Waals surface area contributed by atoms with Crippen LogP contribution in [0.2, 0.25) is 0 Å². The van der Waals surface area contributed by atoms with Crippen molar-refractivity contribution in [2.45, 2.75) is 19.4 Å². The Hall–Kier alpha value is -2.13. The molecule has 108 valence electrons. The first kappa shape index (κ1) is 13.8. The summed E-state index contributed by atoms with van der Waals surface area (Å²) in [6.07, 6.45) is 5.79. The van der Waals surface area contributed by atoms with E-state index in [0.717, 1.165) is 25.2 Å². The Morgan fingerprint density at radius 1 is 1.67 bits per heavy atom. The molecule has 0 spiro atoms. The van der Waals surface area contributed by atoms with Gasteiger partial charge in [-0.05, 0) is 23.8 Å². The molecule has 0 saturated heterocycles. The number of carbonyl (C=O) groups excluding carboxylic acids is 1. The summed E-state index contributed by atoms with van der Waals surface area (Å²) in [5.41, 5.74) is 0.469. The van der Waals surface area contributed by atoms with Crippen molar-refractivity contribution in [1.82, 2.24) is 14.5 Å². The van der Waals surface area contributed by atoms with Crippen molar-refractivity contribution in [3.63, 3.8) is 0 Å². The zero-order valence-electron chi connectivity index (χ0n) is 11.8. The summed E-state index contributed by atoms with van der Waals surface area (Å²) in [7, 11) is 1.81. The van der Waals surface area contributed by atoms with Gasteiger partial charge in [-0.2, -0.15) is 5.26 Å². The molecule has 1 aliphatic heterocycles. The van der Waals surface area contributed by atoms with Gasteiger partial charge in [-0.15, -0.1) is 11.3 Å². The lowest BCUT2D eigenvalue weighted by Crippen LogP contribution is -2.34. The number of hydrogen-bond acceptors (Lipinski definition) is 4. The van der Waals surface area contributed by atoms with Crippen LogP contribution in [0, 0.1) is 17.2 Å². The van der Waals surface area contributed by atoms with E-state index in [1.807, 2.05) is 19.4 Å². The number of rotatable bonds is 3. The zero-order valence-corrected chi connectivity index (χ0v) is 12.6. The number of fused-ring (bicyclic) bond motifs is 1. The third-order valence-corrected chi connectivity index (χ3v) is 4.81. The maximum absolute atomic E-state index is 12.4. The molecular formula is C15H16N4OS. The number of imidazole rings is 1. The van der Waals surface area contributed by atoms with Crippen LogP contribution >= 0.6 is 11.3 Å². The lowest BCUT2D eigenvalue weighted by Gasteiger charge is -2.27. The standard InChI is InChI=1S/C15H16N4OS/c1-18(15(20)14-12(9-16)3-7-21-14)10-11-2-5-19-6-4-17-13(19)8-11/h3-4,6-7,11H,2,5,8,10H2,1H3. The molecule has 1 amide bonds. The lowest BCUT2D eigenvalue weighted by molar-refractivity contribution is 0.0768. The third-order valence-electron chi connectivity index (χ3n) is 3.91. The van der Waals surface area contributed by atoms with Crippen LogP contribution in [0.3, 0.4) is 0 Å². The molecule has 6 heteroatoms. The van der Waals surface area contributed by atoms with Gasteiger partial charge in [-0.3, -0.25) is 4.79 Å². The summed E-state index contributed by atoms with van der Waals surface area (Å²) in [4.78, 5) is 19.0. The quantitative estimate of drug-likeness (QED) is 0.872. The molecule has 3 rings (SSSR count). The van der Waals surface area contributed by atoms with Crippen LogP contribution in [0.15, 0.2) is 23.8 Å². The largest absolute Gasteiger partial charge is 0.341 e. The monoisotopic (exact) mass is 300 g/mol. The highest BCUT2D eigenvalue weighted by Gasteiger charge is 2.24. The molecule has 0 N–H and O–H groups in total. The smallest absolute Gasteiger partial charge is 0.265 e. The van der Waals surface area contributed by atoms with Crippen molar-refractivity contribution in [1.29, 1.82) is 5.26 Å². The van der Waals surface area contributed by atoms with Crippen molar-refractivity contribution in [2.24, 2.45) is 5.92 Å². The number of nitrogens with zero attached hydrogens (tertiary/aromatic N) is 4. The zero-order chi connectivity index (χ0) is 14.8. The molecule has 5 nitrogen and oxygen atoms in total. The third kappa shape index (κ3) is 2.69. The van der Waals surface area contributed by atoms with E-state index in [-0.39, 0.29) is 5.91 Å². The molecule has 0 aromatic carbocycles. The lowest BCUT2D eigenvalue weighted by atomic mass is 9.97. The first-order valence-corrected chi connectivity index (χ1v) is 7.80. The summed E-state index contributed by atoms with van der Waals surface area (Å²) in [5.74, 6) is 1.47. The van der Waals surface area contributed by atoms with E-state index in [1.165, 1.54) is 11.3 Å². The fourth-order valence-corrected chi connectivity index (χ4v) is 3.62. The minimum atomic E-state index is -0.0598. The molecule has 1 atom stereocenters. The van der Waals surface area contributed by atoms with E-state index in [2.05, 4.69) is 15.6 Å². The fourth-order valence-electron chi connectivity index (χ4n) is 2.78. The highest BCUT2D eigenvalue weighted by atomic mass is 32.1. The molecule has 1 unspecified atom stereocenters. The Bertz CT molecular complexity index is 697. The number of aryl methyl sites for hydroxylation is 1. The maximum Gasteiger partial charge on any atom is 0.265 e. The summed E-state index contributed by atoms with van der Waals surface area (Å²) in [6.45, 7) is 1.67. The molecule has 2 aromatic heterocycles. The van der Waals surface area contributed by atoms with Gasteiger partial charge < -0.3 is 9.47 Å². The topological polar surface area (TPSA) is 61.9 Å². The molecular weight excluding hydrogens is 284 g/mol. The Morgan fingerprint density at radius 2 is 2.52 bits per heavy atom. The SMILES string of the molecule is CN(CC1CCn2ccnc2C1)C(=O)c1sccc1C#N. The molecule has 0 aliphatic carbocycles. The molecule has 0 bridgehead atoms. The predicted octanol–water partition coefficient (Wildman–Crippen LogP) is 2.15. The summed E-state index contributed by atoms with van der Waals surface area (Å²) >= 11 is 1.33. The van der Waals surface area contributed by atoms with Crippen LogP contribution in [0.5, 0.6) is 0 Å². The van der Waals surface area contributed by atoms with Crippen LogP contribution in [0.1, 0.15) is 27.5 Å². The normalized spacial score (nSPS) is 17.0. The summed E-state index contributed by atoms with van der Waals surface area (Å²) < 4.78 is 2.17. The minimum absolute atomic E-state index is 0.0598. The second-order valence-electron chi connectivity index (χ2n) is 5.36. The number of nitriles is 1. The van der Waals surface area contributed by atoms with Crippen molar-refractivity contribution >= 4 is 17.2 Å². The molecule has 1 aliphatic rings. The van der Waals surface area contributed by atoms with Crippen molar-refractivity contribution in [3.8, 4) is 6.07 Å². The fraction of sp³-hybridized carbons (Fsp3) is 0.400. The molecule has 0 saturated carbocycles. The van der Waals surface area contributed by atoms with Gasteiger partial charge in [-0.25, -0.2) is 4.98 Å². The Morgan fingerprint density at radius 3 is 3.33 bits per heavy atom. The number of carbonyl (C=O) groups is 1. The predicted molar refractivity (Wildman–Crippen MR) is 80.0 cm³/mol. The number of hydrogen-bond donors (Lipinski definition) is 0. The van der Waals surface area contributed by atoms with E-state index in [0.29, 0.717) is 22.9 Å². The van der Waals surface area contributed by atoms with Gasteiger partial charge in [0.25, 0.3) is 5.91 Å². The summed E-state index contributed by atoms with van der Waals surface area (Å²) in [6, 6.07) is 3.77. The van der Waals surface area contributed by atoms with Gasteiger partial charge in [0, 0.05) is 39.0 Å².